The standard InChI is InChI=1S/C6H4O2.C4H4O4/c7-5-1-2-6(8)4-3-5;5-3(6)1-2-4(7)8/h1-4H;1-2H,(H,5,6)(H,7,8)/b;2-1+. The third-order valence-corrected chi connectivity index (χ3v) is 1.19. The Morgan fingerprint density at radius 1 is 0.812 bits per heavy atom. The quantitative estimate of drug-likeness (QED) is 0.503. The van der Waals surface area contributed by atoms with E-state index >= 15 is 0 Å². The van der Waals surface area contributed by atoms with E-state index in [1.54, 1.807) is 0 Å². The molecular formula is C10H8O6. The molecule has 0 bridgehead atoms. The minimum Gasteiger partial charge on any atom is -0.478 e. The van der Waals surface area contributed by atoms with Crippen LogP contribution in [-0.2, 0) is 19.2 Å². The van der Waals surface area contributed by atoms with Crippen LogP contribution in [0.5, 0.6) is 0 Å². The van der Waals surface area contributed by atoms with Gasteiger partial charge in [0.25, 0.3) is 0 Å². The van der Waals surface area contributed by atoms with Crippen LogP contribution >= 0.6 is 0 Å². The fraction of sp³-hybridized carbons (Fsp3) is 0. The highest BCUT2D eigenvalue weighted by molar-refractivity contribution is 6.14. The molecule has 0 saturated heterocycles. The van der Waals surface area contributed by atoms with Crippen LogP contribution in [0.1, 0.15) is 0 Å². The number of carboxylic acids is 2. The van der Waals surface area contributed by atoms with E-state index in [1.165, 1.54) is 24.3 Å². The van der Waals surface area contributed by atoms with Gasteiger partial charge in [-0.25, -0.2) is 9.59 Å². The van der Waals surface area contributed by atoms with Gasteiger partial charge < -0.3 is 10.2 Å². The third kappa shape index (κ3) is 8.11. The predicted molar refractivity (Wildman–Crippen MR) is 52.7 cm³/mol. The summed E-state index contributed by atoms with van der Waals surface area (Å²) in [6.07, 6.45) is 6.12. The number of aliphatic carboxylic acids is 2. The van der Waals surface area contributed by atoms with E-state index in [1.807, 2.05) is 0 Å². The molecule has 0 atom stereocenters. The zero-order valence-corrected chi connectivity index (χ0v) is 7.99. The number of hydrogen-bond donors (Lipinski definition) is 2. The maximum absolute atomic E-state index is 10.3. The Balaban J connectivity index is 0.000000281. The molecule has 1 aliphatic carbocycles. The zero-order valence-electron chi connectivity index (χ0n) is 7.99. The molecule has 0 aliphatic heterocycles. The molecule has 0 amide bonds. The summed E-state index contributed by atoms with van der Waals surface area (Å²) in [5.41, 5.74) is 0. The molecule has 0 unspecified atom stereocenters. The van der Waals surface area contributed by atoms with Crippen LogP contribution in [0.25, 0.3) is 0 Å². The van der Waals surface area contributed by atoms with Gasteiger partial charge in [0.2, 0.25) is 0 Å². The van der Waals surface area contributed by atoms with E-state index in [0.717, 1.165) is 0 Å². The van der Waals surface area contributed by atoms with Crippen molar-refractivity contribution >= 4 is 23.5 Å². The molecule has 0 aromatic rings. The molecular weight excluding hydrogens is 216 g/mol. The van der Waals surface area contributed by atoms with E-state index in [4.69, 9.17) is 10.2 Å². The van der Waals surface area contributed by atoms with Gasteiger partial charge in [-0.05, 0) is 24.3 Å². The third-order valence-electron chi connectivity index (χ3n) is 1.19. The molecule has 0 aromatic carbocycles. The summed E-state index contributed by atoms with van der Waals surface area (Å²) in [6, 6.07) is 0. The molecule has 2 N–H and O–H groups in total. The molecule has 1 aliphatic rings. The molecule has 6 heteroatoms. The van der Waals surface area contributed by atoms with Crippen LogP contribution in [0.3, 0.4) is 0 Å². The topological polar surface area (TPSA) is 109 Å². The van der Waals surface area contributed by atoms with Gasteiger partial charge in [-0.2, -0.15) is 0 Å². The van der Waals surface area contributed by atoms with Gasteiger partial charge in [-0.1, -0.05) is 0 Å². The predicted octanol–water partition coefficient (Wildman–Crippen LogP) is -0.0376. The lowest BCUT2D eigenvalue weighted by molar-refractivity contribution is -0.134. The molecule has 0 aromatic heterocycles. The summed E-state index contributed by atoms with van der Waals surface area (Å²) in [6.45, 7) is 0. The maximum Gasteiger partial charge on any atom is 0.328 e. The maximum atomic E-state index is 10.3. The minimum atomic E-state index is -1.26. The van der Waals surface area contributed by atoms with Crippen LogP contribution in [0.15, 0.2) is 36.5 Å². The van der Waals surface area contributed by atoms with Crippen LogP contribution in [0.2, 0.25) is 0 Å². The van der Waals surface area contributed by atoms with Crippen molar-refractivity contribution in [3.05, 3.63) is 36.5 Å². The Morgan fingerprint density at radius 3 is 1.25 bits per heavy atom. The molecule has 84 valence electrons. The monoisotopic (exact) mass is 224 g/mol. The minimum absolute atomic E-state index is 0.121. The first kappa shape index (κ1) is 13.5. The molecule has 0 radical (unpaired) electrons. The fourth-order valence-electron chi connectivity index (χ4n) is 0.582. The molecule has 0 heterocycles. The Bertz CT molecular complexity index is 343. The van der Waals surface area contributed by atoms with Crippen LogP contribution in [0, 0.1) is 0 Å². The van der Waals surface area contributed by atoms with Gasteiger partial charge in [0.15, 0.2) is 11.6 Å². The number of carbonyl (C=O) groups is 4. The van der Waals surface area contributed by atoms with Crippen molar-refractivity contribution in [1.82, 2.24) is 0 Å². The summed E-state index contributed by atoms with van der Waals surface area (Å²) in [7, 11) is 0. The van der Waals surface area contributed by atoms with Crippen molar-refractivity contribution < 1.29 is 29.4 Å². The highest BCUT2D eigenvalue weighted by Gasteiger charge is 1.97. The second kappa shape index (κ2) is 6.88. The first-order valence-corrected chi connectivity index (χ1v) is 4.00. The summed E-state index contributed by atoms with van der Waals surface area (Å²) < 4.78 is 0. The van der Waals surface area contributed by atoms with Crippen molar-refractivity contribution in [2.45, 2.75) is 0 Å². The fourth-order valence-corrected chi connectivity index (χ4v) is 0.582. The van der Waals surface area contributed by atoms with Gasteiger partial charge in [0, 0.05) is 12.2 Å². The smallest absolute Gasteiger partial charge is 0.328 e. The number of hydrogen-bond acceptors (Lipinski definition) is 4. The molecule has 16 heavy (non-hydrogen) atoms. The lowest BCUT2D eigenvalue weighted by Gasteiger charge is -1.87. The van der Waals surface area contributed by atoms with Crippen molar-refractivity contribution in [3.8, 4) is 0 Å². The Hall–Kier alpha value is -2.50. The zero-order chi connectivity index (χ0) is 12.6. The first-order valence-electron chi connectivity index (χ1n) is 4.00. The average Bonchev–Trinajstić information content (AvgIpc) is 2.20. The van der Waals surface area contributed by atoms with Crippen molar-refractivity contribution in [2.75, 3.05) is 0 Å². The van der Waals surface area contributed by atoms with Gasteiger partial charge >= 0.3 is 11.9 Å². The highest BCUT2D eigenvalue weighted by Crippen LogP contribution is 1.90. The molecule has 1 rings (SSSR count). The first-order chi connectivity index (χ1) is 7.41. The van der Waals surface area contributed by atoms with Crippen molar-refractivity contribution in [2.24, 2.45) is 0 Å². The number of carbonyl (C=O) groups excluding carboxylic acids is 2. The summed E-state index contributed by atoms with van der Waals surface area (Å²) in [5.74, 6) is -2.76. The van der Waals surface area contributed by atoms with Crippen LogP contribution in [0.4, 0.5) is 0 Å². The molecule has 0 saturated carbocycles. The Labute approximate surface area is 90.2 Å². The number of rotatable bonds is 2. The number of allylic oxidation sites excluding steroid dienone is 4. The van der Waals surface area contributed by atoms with E-state index in [-0.39, 0.29) is 11.6 Å². The van der Waals surface area contributed by atoms with E-state index in [2.05, 4.69) is 0 Å². The molecule has 0 fully saturated rings. The molecule has 0 spiro atoms. The van der Waals surface area contributed by atoms with Crippen LogP contribution < -0.4 is 0 Å². The normalized spacial score (nSPS) is 13.5. The van der Waals surface area contributed by atoms with Gasteiger partial charge in [-0.3, -0.25) is 9.59 Å². The van der Waals surface area contributed by atoms with E-state index in [9.17, 15) is 19.2 Å². The molecule has 6 nitrogen and oxygen atoms in total. The SMILES string of the molecule is O=C(O)/C=C/C(=O)O.O=C1C=CC(=O)C=C1. The lowest BCUT2D eigenvalue weighted by Crippen LogP contribution is -1.97. The largest absolute Gasteiger partial charge is 0.478 e. The Kier molecular flexibility index (Phi) is 5.81. The van der Waals surface area contributed by atoms with Gasteiger partial charge in [-0.15, -0.1) is 0 Å². The van der Waals surface area contributed by atoms with Crippen molar-refractivity contribution in [3.63, 3.8) is 0 Å². The highest BCUT2D eigenvalue weighted by atomic mass is 16.4. The number of carboxylic acid groups (broad SMARTS) is 2. The average molecular weight is 224 g/mol. The summed E-state index contributed by atoms with van der Waals surface area (Å²) in [5, 5.41) is 15.6. The van der Waals surface area contributed by atoms with E-state index < -0.39 is 11.9 Å². The summed E-state index contributed by atoms with van der Waals surface area (Å²) >= 11 is 0. The number of ketones is 2. The lowest BCUT2D eigenvalue weighted by atomic mass is 10.2. The van der Waals surface area contributed by atoms with Gasteiger partial charge in [0.05, 0.1) is 0 Å². The van der Waals surface area contributed by atoms with E-state index in [0.29, 0.717) is 12.2 Å². The second-order valence-corrected chi connectivity index (χ2v) is 2.48. The van der Waals surface area contributed by atoms with Gasteiger partial charge in [0.1, 0.15) is 0 Å². The summed E-state index contributed by atoms with van der Waals surface area (Å²) in [4.78, 5) is 39.7. The second-order valence-electron chi connectivity index (χ2n) is 2.48. The van der Waals surface area contributed by atoms with Crippen molar-refractivity contribution in [1.29, 1.82) is 0 Å². The van der Waals surface area contributed by atoms with Crippen LogP contribution in [-0.4, -0.2) is 33.7 Å². The Morgan fingerprint density at radius 2 is 1.06 bits per heavy atom.